The van der Waals surface area contributed by atoms with Gasteiger partial charge in [0.25, 0.3) is 5.09 Å². The topological polar surface area (TPSA) is 95.7 Å². The summed E-state index contributed by atoms with van der Waals surface area (Å²) in [6, 6.07) is 0. The van der Waals surface area contributed by atoms with Gasteiger partial charge in [0.15, 0.2) is 0 Å². The third-order valence-electron chi connectivity index (χ3n) is 9.79. The van der Waals surface area contributed by atoms with Crippen LogP contribution in [0.5, 0.6) is 0 Å². The molecule has 0 N–H and O–H groups in total. The van der Waals surface area contributed by atoms with Crippen molar-refractivity contribution in [2.75, 3.05) is 13.2 Å². The molecule has 0 amide bonds. The summed E-state index contributed by atoms with van der Waals surface area (Å²) in [7, 11) is 0. The van der Waals surface area contributed by atoms with Crippen LogP contribution in [0.3, 0.4) is 0 Å². The van der Waals surface area contributed by atoms with Crippen LogP contribution >= 0.6 is 0 Å². The predicted octanol–water partition coefficient (Wildman–Crippen LogP) is 4.89. The van der Waals surface area contributed by atoms with Crippen molar-refractivity contribution in [3.63, 3.8) is 0 Å². The number of hydrogen-bond donors (Lipinski definition) is 0. The Balaban J connectivity index is 1.44. The molecule has 4 rings (SSSR count). The fraction of sp³-hybridized carbons (Fsp3) is 0.917. The quantitative estimate of drug-likeness (QED) is 0.244. The molecule has 4 aliphatic carbocycles. The highest BCUT2D eigenvalue weighted by atomic mass is 16.9. The first kappa shape index (κ1) is 22.5. The highest BCUT2D eigenvalue weighted by molar-refractivity contribution is 5.88. The SMILES string of the molecule is C[C@@]12CC[C@@H]3C(CC[C@H]4[C@@]3(C)CCC[C@@]4(C)C(=O)OCCCCO[N+](=O)[O-])(CC1=O)C2. The summed E-state index contributed by atoms with van der Waals surface area (Å²) < 4.78 is 5.70. The summed E-state index contributed by atoms with van der Waals surface area (Å²) in [6.07, 6.45) is 10.00. The zero-order valence-corrected chi connectivity index (χ0v) is 19.2. The first-order valence-electron chi connectivity index (χ1n) is 12.0. The van der Waals surface area contributed by atoms with E-state index in [2.05, 4.69) is 25.6 Å². The molecule has 2 bridgehead atoms. The molecule has 0 saturated heterocycles. The van der Waals surface area contributed by atoms with Crippen LogP contribution in [0.4, 0.5) is 0 Å². The summed E-state index contributed by atoms with van der Waals surface area (Å²) in [5, 5.41) is 9.42. The van der Waals surface area contributed by atoms with Crippen molar-refractivity contribution in [1.29, 1.82) is 0 Å². The van der Waals surface area contributed by atoms with Crippen molar-refractivity contribution in [3.8, 4) is 0 Å². The molecule has 0 heterocycles. The molecule has 4 saturated carbocycles. The number of carbonyl (C=O) groups is 2. The third kappa shape index (κ3) is 3.56. The molecule has 0 aliphatic heterocycles. The maximum absolute atomic E-state index is 13.3. The second-order valence-corrected chi connectivity index (χ2v) is 11.6. The number of hydrogen-bond acceptors (Lipinski definition) is 6. The highest BCUT2D eigenvalue weighted by Gasteiger charge is 2.68. The second kappa shape index (κ2) is 7.73. The van der Waals surface area contributed by atoms with Crippen molar-refractivity contribution in [2.24, 2.45) is 33.5 Å². The van der Waals surface area contributed by atoms with Crippen molar-refractivity contribution in [2.45, 2.75) is 91.4 Å². The minimum absolute atomic E-state index is 0.0317. The van der Waals surface area contributed by atoms with Crippen LogP contribution in [0.1, 0.15) is 91.4 Å². The van der Waals surface area contributed by atoms with Gasteiger partial charge < -0.3 is 9.57 Å². The van der Waals surface area contributed by atoms with Gasteiger partial charge in [-0.15, -0.1) is 10.1 Å². The van der Waals surface area contributed by atoms with Gasteiger partial charge >= 0.3 is 5.97 Å². The molecular weight excluding hydrogens is 398 g/mol. The van der Waals surface area contributed by atoms with Gasteiger partial charge in [-0.1, -0.05) is 20.3 Å². The molecule has 0 radical (unpaired) electrons. The van der Waals surface area contributed by atoms with Gasteiger partial charge in [-0.25, -0.2) is 0 Å². The van der Waals surface area contributed by atoms with E-state index in [9.17, 15) is 19.7 Å². The van der Waals surface area contributed by atoms with Crippen LogP contribution in [-0.4, -0.2) is 30.1 Å². The molecule has 0 aromatic heterocycles. The predicted molar refractivity (Wildman–Crippen MR) is 113 cm³/mol. The molecule has 0 aromatic rings. The zero-order valence-electron chi connectivity index (χ0n) is 19.2. The summed E-state index contributed by atoms with van der Waals surface area (Å²) in [5.74, 6) is 1.16. The van der Waals surface area contributed by atoms with E-state index in [4.69, 9.17) is 4.74 Å². The number of carbonyl (C=O) groups excluding carboxylic acids is 2. The molecule has 6 atom stereocenters. The number of ketones is 1. The average molecular weight is 436 g/mol. The van der Waals surface area contributed by atoms with Crippen LogP contribution in [0.2, 0.25) is 0 Å². The van der Waals surface area contributed by atoms with E-state index in [0.29, 0.717) is 24.5 Å². The average Bonchev–Trinajstić information content (AvgIpc) is 2.87. The number of nitrogens with zero attached hydrogens (tertiary/aromatic N) is 1. The standard InChI is InChI=1S/C24H37NO6/c1-21-11-7-18-22(2)9-6-10-23(3,20(27)30-13-4-5-14-31-25(28)29)17(22)8-12-24(18,16-21)15-19(21)26/h17-18H,4-16H2,1-3H3/t17-,18-,21-,22+,23+,24?/m0/s1. The van der Waals surface area contributed by atoms with Gasteiger partial charge in [0.05, 0.1) is 18.6 Å². The van der Waals surface area contributed by atoms with E-state index in [1.54, 1.807) is 0 Å². The Morgan fingerprint density at radius 1 is 1.06 bits per heavy atom. The Morgan fingerprint density at radius 3 is 2.52 bits per heavy atom. The van der Waals surface area contributed by atoms with E-state index >= 15 is 0 Å². The fourth-order valence-electron chi connectivity index (χ4n) is 8.42. The first-order valence-corrected chi connectivity index (χ1v) is 12.0. The third-order valence-corrected chi connectivity index (χ3v) is 9.79. The molecule has 1 spiro atoms. The fourth-order valence-corrected chi connectivity index (χ4v) is 8.42. The highest BCUT2D eigenvalue weighted by Crippen LogP contribution is 2.73. The molecule has 7 nitrogen and oxygen atoms in total. The molecule has 7 heteroatoms. The molecule has 0 aromatic carbocycles. The van der Waals surface area contributed by atoms with Crippen LogP contribution in [-0.2, 0) is 19.2 Å². The number of Topliss-reactive ketones (excluding diaryl/α,β-unsaturated/α-hetero) is 1. The number of fused-ring (bicyclic) bond motifs is 3. The van der Waals surface area contributed by atoms with E-state index in [1.165, 1.54) is 0 Å². The molecule has 174 valence electrons. The molecule has 4 aliphatic rings. The summed E-state index contributed by atoms with van der Waals surface area (Å²) in [4.78, 5) is 40.6. The van der Waals surface area contributed by atoms with Crippen LogP contribution in [0.15, 0.2) is 0 Å². The lowest BCUT2D eigenvalue weighted by molar-refractivity contribution is -0.757. The lowest BCUT2D eigenvalue weighted by Gasteiger charge is -2.63. The minimum Gasteiger partial charge on any atom is -0.465 e. The smallest absolute Gasteiger partial charge is 0.312 e. The van der Waals surface area contributed by atoms with Crippen LogP contribution in [0.25, 0.3) is 0 Å². The summed E-state index contributed by atoms with van der Waals surface area (Å²) in [5.41, 5.74) is -0.380. The van der Waals surface area contributed by atoms with Crippen molar-refractivity contribution in [3.05, 3.63) is 10.1 Å². The van der Waals surface area contributed by atoms with Gasteiger partial charge in [-0.2, -0.15) is 0 Å². The van der Waals surface area contributed by atoms with Gasteiger partial charge in [-0.3, -0.25) is 9.59 Å². The molecule has 1 unspecified atom stereocenters. The first-order chi connectivity index (χ1) is 14.6. The zero-order chi connectivity index (χ0) is 22.5. The largest absolute Gasteiger partial charge is 0.465 e. The number of esters is 1. The van der Waals surface area contributed by atoms with Gasteiger partial charge in [-0.05, 0) is 87.4 Å². The Bertz CT molecular complexity index is 769. The second-order valence-electron chi connectivity index (χ2n) is 11.6. The van der Waals surface area contributed by atoms with Crippen molar-refractivity contribution < 1.29 is 24.3 Å². The van der Waals surface area contributed by atoms with Gasteiger partial charge in [0.2, 0.25) is 0 Å². The van der Waals surface area contributed by atoms with Crippen molar-refractivity contribution in [1.82, 2.24) is 0 Å². The monoisotopic (exact) mass is 435 g/mol. The number of unbranched alkanes of at least 4 members (excludes halogenated alkanes) is 1. The van der Waals surface area contributed by atoms with E-state index in [-0.39, 0.29) is 41.3 Å². The minimum atomic E-state index is -0.794. The summed E-state index contributed by atoms with van der Waals surface area (Å²) >= 11 is 0. The molecule has 31 heavy (non-hydrogen) atoms. The van der Waals surface area contributed by atoms with Crippen LogP contribution in [0, 0.1) is 43.6 Å². The molecule has 4 fully saturated rings. The Labute approximate surface area is 184 Å². The Hall–Kier alpha value is -1.66. The van der Waals surface area contributed by atoms with Gasteiger partial charge in [0, 0.05) is 11.8 Å². The van der Waals surface area contributed by atoms with Crippen molar-refractivity contribution >= 4 is 11.8 Å². The Kier molecular flexibility index (Phi) is 5.62. The lowest BCUT2D eigenvalue weighted by atomic mass is 9.40. The summed E-state index contributed by atoms with van der Waals surface area (Å²) in [6.45, 7) is 6.98. The van der Waals surface area contributed by atoms with E-state index in [1.807, 2.05) is 0 Å². The Morgan fingerprint density at radius 2 is 1.77 bits per heavy atom. The van der Waals surface area contributed by atoms with Gasteiger partial charge in [0.1, 0.15) is 5.78 Å². The number of ether oxygens (including phenoxy) is 1. The van der Waals surface area contributed by atoms with Crippen LogP contribution < -0.4 is 0 Å². The van der Waals surface area contributed by atoms with E-state index in [0.717, 1.165) is 57.8 Å². The maximum atomic E-state index is 13.3. The molecular formula is C24H37NO6. The van der Waals surface area contributed by atoms with E-state index < -0.39 is 10.5 Å². The lowest BCUT2D eigenvalue weighted by Crippen LogP contribution is -2.58. The normalized spacial score (nSPS) is 43.6. The number of rotatable bonds is 7. The maximum Gasteiger partial charge on any atom is 0.312 e.